The number of hydrogen-bond acceptors (Lipinski definition) is 4. The fraction of sp³-hybridized carbons (Fsp3) is 0.333. The summed E-state index contributed by atoms with van der Waals surface area (Å²) >= 11 is 0. The number of rotatable bonds is 7. The molecule has 0 aliphatic heterocycles. The Hall–Kier alpha value is -1.90. The summed E-state index contributed by atoms with van der Waals surface area (Å²) in [5.41, 5.74) is 1.28. The molecule has 0 bridgehead atoms. The van der Waals surface area contributed by atoms with Gasteiger partial charge in [-0.1, -0.05) is 29.8 Å². The Morgan fingerprint density at radius 1 is 0.962 bits per heavy atom. The van der Waals surface area contributed by atoms with Crippen molar-refractivity contribution >= 4 is 20.0 Å². The van der Waals surface area contributed by atoms with E-state index in [1.54, 1.807) is 18.2 Å². The van der Waals surface area contributed by atoms with E-state index in [0.29, 0.717) is 13.0 Å². The topological polar surface area (TPSA) is 85.2 Å². The van der Waals surface area contributed by atoms with Gasteiger partial charge in [0.05, 0.1) is 4.90 Å². The number of aromatic nitrogens is 1. The smallest absolute Gasteiger partial charge is 0.248 e. The zero-order valence-electron chi connectivity index (χ0n) is 14.3. The van der Waals surface area contributed by atoms with E-state index in [1.165, 1.54) is 36.4 Å². The molecule has 0 amide bonds. The van der Waals surface area contributed by atoms with Crippen molar-refractivity contribution in [2.24, 2.45) is 0 Å². The fourth-order valence-corrected chi connectivity index (χ4v) is 5.26. The molecule has 8 heteroatoms. The third-order valence-electron chi connectivity index (χ3n) is 4.39. The minimum absolute atomic E-state index is 0.0605. The van der Waals surface area contributed by atoms with E-state index in [2.05, 4.69) is 10.8 Å². The van der Waals surface area contributed by atoms with Crippen molar-refractivity contribution in [3.05, 3.63) is 60.4 Å². The first-order valence-electron chi connectivity index (χ1n) is 8.56. The van der Waals surface area contributed by atoms with E-state index < -0.39 is 20.0 Å². The van der Waals surface area contributed by atoms with Gasteiger partial charge in [0.1, 0.15) is 4.90 Å². The normalized spacial score (nSPS) is 15.6. The zero-order valence-corrected chi connectivity index (χ0v) is 16.0. The summed E-state index contributed by atoms with van der Waals surface area (Å²) in [5, 5.41) is 0. The van der Waals surface area contributed by atoms with E-state index >= 15 is 0 Å². The fourth-order valence-electron chi connectivity index (χ4n) is 2.94. The predicted octanol–water partition coefficient (Wildman–Crippen LogP) is 2.89. The van der Waals surface area contributed by atoms with Gasteiger partial charge in [0.15, 0.2) is 0 Å². The molecule has 6 nitrogen and oxygen atoms in total. The molecule has 0 unspecified atom stereocenters. The first-order chi connectivity index (χ1) is 12.4. The van der Waals surface area contributed by atoms with Gasteiger partial charge in [-0.2, -0.15) is 0 Å². The molecule has 1 aromatic heterocycles. The van der Waals surface area contributed by atoms with Crippen molar-refractivity contribution < 1.29 is 16.8 Å². The molecule has 3 rings (SSSR count). The molecule has 0 spiro atoms. The number of sulfonamides is 1. The van der Waals surface area contributed by atoms with Crippen LogP contribution in [0.4, 0.5) is 0 Å². The summed E-state index contributed by atoms with van der Waals surface area (Å²) in [4.78, 5) is 0.0476. The summed E-state index contributed by atoms with van der Waals surface area (Å²) in [6.07, 6.45) is 9.67. The lowest BCUT2D eigenvalue weighted by Crippen LogP contribution is -2.25. The van der Waals surface area contributed by atoms with E-state index in [4.69, 9.17) is 0 Å². The maximum absolute atomic E-state index is 12.5. The molecular weight excluding hydrogens is 372 g/mol. The zero-order chi connectivity index (χ0) is 18.6. The van der Waals surface area contributed by atoms with Gasteiger partial charge >= 0.3 is 0 Å². The Kier molecular flexibility index (Phi) is 5.64. The van der Waals surface area contributed by atoms with Crippen LogP contribution in [0.15, 0.2) is 70.2 Å². The van der Waals surface area contributed by atoms with Crippen LogP contribution in [-0.4, -0.2) is 27.4 Å². The second-order valence-corrected chi connectivity index (χ2v) is 9.86. The van der Waals surface area contributed by atoms with Crippen molar-refractivity contribution in [1.29, 1.82) is 0 Å². The standard InChI is InChI=1S/C18H22N2O4S2/c21-25(22,19-13-11-16-7-3-1-4-8-16)18-12-14-20(15-18)26(23,24)17-9-5-2-6-10-17/h2,5-7,9-10,12,14-15,19H,1,3-4,8,11,13H2. The van der Waals surface area contributed by atoms with Crippen LogP contribution in [0.25, 0.3) is 0 Å². The molecule has 0 radical (unpaired) electrons. The lowest BCUT2D eigenvalue weighted by atomic mass is 9.97. The molecule has 0 saturated heterocycles. The van der Waals surface area contributed by atoms with E-state index in [-0.39, 0.29) is 9.79 Å². The minimum Gasteiger partial charge on any atom is -0.248 e. The third-order valence-corrected chi connectivity index (χ3v) is 7.49. The summed E-state index contributed by atoms with van der Waals surface area (Å²) in [5.74, 6) is 0. The third kappa shape index (κ3) is 4.25. The molecule has 2 aromatic rings. The largest absolute Gasteiger partial charge is 0.267 e. The van der Waals surface area contributed by atoms with Gasteiger partial charge in [0, 0.05) is 18.9 Å². The van der Waals surface area contributed by atoms with Gasteiger partial charge in [-0.15, -0.1) is 0 Å². The predicted molar refractivity (Wildman–Crippen MR) is 99.8 cm³/mol. The Bertz CT molecular complexity index is 991. The summed E-state index contributed by atoms with van der Waals surface area (Å²) in [7, 11) is -7.55. The number of nitrogens with zero attached hydrogens (tertiary/aromatic N) is 1. The van der Waals surface area contributed by atoms with Crippen LogP contribution in [0.2, 0.25) is 0 Å². The van der Waals surface area contributed by atoms with E-state index in [0.717, 1.165) is 29.4 Å². The van der Waals surface area contributed by atoms with Gasteiger partial charge < -0.3 is 0 Å². The molecule has 1 N–H and O–H groups in total. The van der Waals surface area contributed by atoms with Crippen LogP contribution in [0.1, 0.15) is 32.1 Å². The Morgan fingerprint density at radius 2 is 1.73 bits per heavy atom. The highest BCUT2D eigenvalue weighted by atomic mass is 32.2. The van der Waals surface area contributed by atoms with Crippen molar-refractivity contribution in [3.63, 3.8) is 0 Å². The maximum atomic E-state index is 12.5. The van der Waals surface area contributed by atoms with Crippen molar-refractivity contribution in [3.8, 4) is 0 Å². The lowest BCUT2D eigenvalue weighted by Gasteiger charge is -2.12. The van der Waals surface area contributed by atoms with Crippen molar-refractivity contribution in [2.45, 2.75) is 41.9 Å². The molecular formula is C18H22N2O4S2. The van der Waals surface area contributed by atoms with Crippen LogP contribution in [0.3, 0.4) is 0 Å². The molecule has 140 valence electrons. The van der Waals surface area contributed by atoms with Gasteiger partial charge in [0.25, 0.3) is 10.0 Å². The van der Waals surface area contributed by atoms with E-state index in [1.807, 2.05) is 0 Å². The number of benzene rings is 1. The van der Waals surface area contributed by atoms with Crippen LogP contribution in [-0.2, 0) is 20.0 Å². The minimum atomic E-state index is -3.80. The first kappa shape index (κ1) is 18.9. The molecule has 0 fully saturated rings. The van der Waals surface area contributed by atoms with Gasteiger partial charge in [-0.25, -0.2) is 25.5 Å². The molecule has 0 atom stereocenters. The second-order valence-electron chi connectivity index (χ2n) is 6.25. The first-order valence-corrected chi connectivity index (χ1v) is 11.5. The Labute approximate surface area is 154 Å². The van der Waals surface area contributed by atoms with Crippen LogP contribution >= 0.6 is 0 Å². The molecule has 26 heavy (non-hydrogen) atoms. The second kappa shape index (κ2) is 7.77. The van der Waals surface area contributed by atoms with Gasteiger partial charge in [0.2, 0.25) is 10.0 Å². The molecule has 1 aliphatic carbocycles. The van der Waals surface area contributed by atoms with Crippen LogP contribution in [0.5, 0.6) is 0 Å². The molecule has 1 aliphatic rings. The average molecular weight is 395 g/mol. The summed E-state index contributed by atoms with van der Waals surface area (Å²) in [6.45, 7) is 0.310. The van der Waals surface area contributed by atoms with Crippen LogP contribution < -0.4 is 4.72 Å². The van der Waals surface area contributed by atoms with E-state index in [9.17, 15) is 16.8 Å². The van der Waals surface area contributed by atoms with Gasteiger partial charge in [-0.3, -0.25) is 0 Å². The number of hydrogen-bond donors (Lipinski definition) is 1. The van der Waals surface area contributed by atoms with Gasteiger partial charge in [-0.05, 0) is 50.3 Å². The highest BCUT2D eigenvalue weighted by molar-refractivity contribution is 7.90. The highest BCUT2D eigenvalue weighted by Gasteiger charge is 2.21. The summed E-state index contributed by atoms with van der Waals surface area (Å²) in [6, 6.07) is 9.20. The SMILES string of the molecule is O=S(=O)(NCCC1=CCCCC1)c1ccn(S(=O)(=O)c2ccccc2)c1. The lowest BCUT2D eigenvalue weighted by molar-refractivity contribution is 0.579. The Morgan fingerprint density at radius 3 is 2.42 bits per heavy atom. The highest BCUT2D eigenvalue weighted by Crippen LogP contribution is 2.20. The number of nitrogens with one attached hydrogen (secondary N) is 1. The summed E-state index contributed by atoms with van der Waals surface area (Å²) < 4.78 is 53.4. The molecule has 0 saturated carbocycles. The monoisotopic (exact) mass is 394 g/mol. The molecule has 1 aromatic carbocycles. The maximum Gasteiger partial charge on any atom is 0.267 e. The quantitative estimate of drug-likeness (QED) is 0.732. The van der Waals surface area contributed by atoms with Crippen molar-refractivity contribution in [1.82, 2.24) is 8.69 Å². The van der Waals surface area contributed by atoms with Crippen molar-refractivity contribution in [2.75, 3.05) is 6.54 Å². The number of allylic oxidation sites excluding steroid dienone is 1. The average Bonchev–Trinajstić information content (AvgIpc) is 3.15. The van der Waals surface area contributed by atoms with Crippen LogP contribution in [0, 0.1) is 0 Å². The molecule has 1 heterocycles. The Balaban J connectivity index is 1.71.